The van der Waals surface area contributed by atoms with Gasteiger partial charge < -0.3 is 14.6 Å². The van der Waals surface area contributed by atoms with Crippen molar-refractivity contribution in [2.75, 3.05) is 19.6 Å². The second-order valence-electron chi connectivity index (χ2n) is 4.90. The summed E-state index contributed by atoms with van der Waals surface area (Å²) < 4.78 is 5.02. The highest BCUT2D eigenvalue weighted by atomic mass is 35.5. The topological polar surface area (TPSA) is 102 Å². The third-order valence-electron chi connectivity index (χ3n) is 3.56. The van der Waals surface area contributed by atoms with Gasteiger partial charge in [-0.3, -0.25) is 19.9 Å². The van der Waals surface area contributed by atoms with Gasteiger partial charge in [0.1, 0.15) is 4.92 Å². The number of carbonyl (C=O) groups excluding carboxylic acids is 1. The van der Waals surface area contributed by atoms with Crippen molar-refractivity contribution in [3.63, 3.8) is 0 Å². The van der Waals surface area contributed by atoms with Gasteiger partial charge in [-0.05, 0) is 17.7 Å². The van der Waals surface area contributed by atoms with Gasteiger partial charge in [-0.15, -0.1) is 12.4 Å². The van der Waals surface area contributed by atoms with Crippen molar-refractivity contribution >= 4 is 24.2 Å². The second kappa shape index (κ2) is 7.21. The number of carbonyl (C=O) groups is 1. The molecule has 9 heteroatoms. The number of pyridine rings is 1. The number of hydrogen-bond acceptors (Lipinski definition) is 6. The van der Waals surface area contributed by atoms with Gasteiger partial charge in [-0.2, -0.15) is 0 Å². The molecule has 1 saturated heterocycles. The van der Waals surface area contributed by atoms with Crippen LogP contribution in [0, 0.1) is 10.1 Å². The summed E-state index contributed by atoms with van der Waals surface area (Å²) >= 11 is 0. The van der Waals surface area contributed by atoms with Crippen LogP contribution in [0.15, 0.2) is 41.1 Å². The standard InChI is InChI=1S/C14H14N4O4.ClH/c19-14(12-3-4-13(22-12)18(20)21)17-7-6-16-9-11(17)10-2-1-5-15-8-10;/h1-5,8,11,16H,6-7,9H2;1H. The van der Waals surface area contributed by atoms with Gasteiger partial charge in [0.2, 0.25) is 0 Å². The molecule has 1 aliphatic rings. The van der Waals surface area contributed by atoms with E-state index < -0.39 is 10.8 Å². The highest BCUT2D eigenvalue weighted by molar-refractivity contribution is 5.92. The van der Waals surface area contributed by atoms with Crippen LogP contribution in [0.2, 0.25) is 0 Å². The van der Waals surface area contributed by atoms with E-state index in [9.17, 15) is 14.9 Å². The number of rotatable bonds is 3. The molecule has 3 heterocycles. The molecule has 1 unspecified atom stereocenters. The number of nitrogens with zero attached hydrogens (tertiary/aromatic N) is 3. The molecule has 1 aliphatic heterocycles. The maximum atomic E-state index is 12.6. The van der Waals surface area contributed by atoms with Crippen molar-refractivity contribution in [1.82, 2.24) is 15.2 Å². The van der Waals surface area contributed by atoms with Crippen LogP contribution in [0.1, 0.15) is 22.2 Å². The number of amides is 1. The fraction of sp³-hybridized carbons (Fsp3) is 0.286. The fourth-order valence-electron chi connectivity index (χ4n) is 2.50. The van der Waals surface area contributed by atoms with Crippen LogP contribution in [-0.4, -0.2) is 40.3 Å². The quantitative estimate of drug-likeness (QED) is 0.676. The maximum Gasteiger partial charge on any atom is 0.433 e. The minimum atomic E-state index is -0.660. The first-order valence-corrected chi connectivity index (χ1v) is 6.82. The number of hydrogen-bond donors (Lipinski definition) is 1. The van der Waals surface area contributed by atoms with Gasteiger partial charge in [0.25, 0.3) is 5.91 Å². The van der Waals surface area contributed by atoms with Gasteiger partial charge in [0.05, 0.1) is 12.1 Å². The Bertz CT molecular complexity index is 691. The number of nitrogens with one attached hydrogen (secondary N) is 1. The Morgan fingerprint density at radius 1 is 1.43 bits per heavy atom. The SMILES string of the molecule is Cl.O=C(c1ccc([N+](=O)[O-])o1)N1CCNCC1c1cccnc1. The summed E-state index contributed by atoms with van der Waals surface area (Å²) in [5.41, 5.74) is 0.907. The number of halogens is 1. The van der Waals surface area contributed by atoms with Crippen molar-refractivity contribution in [2.45, 2.75) is 6.04 Å². The van der Waals surface area contributed by atoms with Gasteiger partial charge in [-0.25, -0.2) is 0 Å². The highest BCUT2D eigenvalue weighted by Crippen LogP contribution is 2.25. The summed E-state index contributed by atoms with van der Waals surface area (Å²) in [6, 6.07) is 6.05. The van der Waals surface area contributed by atoms with E-state index in [4.69, 9.17) is 4.42 Å². The van der Waals surface area contributed by atoms with Crippen LogP contribution in [0.25, 0.3) is 0 Å². The molecule has 1 fully saturated rings. The van der Waals surface area contributed by atoms with Crippen molar-refractivity contribution in [1.29, 1.82) is 0 Å². The average Bonchev–Trinajstić information content (AvgIpc) is 3.05. The van der Waals surface area contributed by atoms with E-state index in [-0.39, 0.29) is 30.1 Å². The molecule has 0 aromatic carbocycles. The number of piperazine rings is 1. The Balaban J connectivity index is 0.00000192. The van der Waals surface area contributed by atoms with E-state index in [0.29, 0.717) is 19.6 Å². The monoisotopic (exact) mass is 338 g/mol. The fourth-order valence-corrected chi connectivity index (χ4v) is 2.50. The van der Waals surface area contributed by atoms with Crippen molar-refractivity contribution < 1.29 is 14.1 Å². The lowest BCUT2D eigenvalue weighted by molar-refractivity contribution is -0.402. The lowest BCUT2D eigenvalue weighted by Gasteiger charge is -2.35. The Hall–Kier alpha value is -2.45. The average molecular weight is 339 g/mol. The Kier molecular flexibility index (Phi) is 5.30. The molecule has 0 radical (unpaired) electrons. The molecule has 1 N–H and O–H groups in total. The first-order valence-electron chi connectivity index (χ1n) is 6.82. The molecule has 0 spiro atoms. The van der Waals surface area contributed by atoms with E-state index in [2.05, 4.69) is 10.3 Å². The molecule has 3 rings (SSSR count). The van der Waals surface area contributed by atoms with Crippen molar-refractivity contribution in [3.8, 4) is 0 Å². The largest absolute Gasteiger partial charge is 0.433 e. The normalized spacial score (nSPS) is 17.4. The summed E-state index contributed by atoms with van der Waals surface area (Å²) in [5, 5.41) is 13.9. The molecule has 0 bridgehead atoms. The third-order valence-corrected chi connectivity index (χ3v) is 3.56. The molecule has 23 heavy (non-hydrogen) atoms. The first-order chi connectivity index (χ1) is 10.7. The van der Waals surface area contributed by atoms with Gasteiger partial charge >= 0.3 is 5.88 Å². The van der Waals surface area contributed by atoms with E-state index in [1.165, 1.54) is 12.1 Å². The lowest BCUT2D eigenvalue weighted by Crippen LogP contribution is -2.48. The molecular weight excluding hydrogens is 324 g/mol. The molecule has 1 amide bonds. The number of nitro groups is 1. The Labute approximate surface area is 138 Å². The predicted molar refractivity (Wildman–Crippen MR) is 83.5 cm³/mol. The summed E-state index contributed by atoms with van der Waals surface area (Å²) in [6.07, 6.45) is 3.38. The van der Waals surface area contributed by atoms with Crippen LogP contribution >= 0.6 is 12.4 Å². The molecule has 1 atom stereocenters. The van der Waals surface area contributed by atoms with E-state index in [1.54, 1.807) is 17.3 Å². The minimum Gasteiger partial charge on any atom is -0.395 e. The molecule has 2 aromatic heterocycles. The van der Waals surface area contributed by atoms with Crippen LogP contribution in [0.4, 0.5) is 5.88 Å². The smallest absolute Gasteiger partial charge is 0.395 e. The third kappa shape index (κ3) is 3.49. The van der Waals surface area contributed by atoms with Crippen LogP contribution < -0.4 is 5.32 Å². The van der Waals surface area contributed by atoms with Crippen LogP contribution in [-0.2, 0) is 0 Å². The van der Waals surface area contributed by atoms with E-state index in [1.807, 2.05) is 12.1 Å². The number of aromatic nitrogens is 1. The molecule has 0 saturated carbocycles. The van der Waals surface area contributed by atoms with E-state index >= 15 is 0 Å². The van der Waals surface area contributed by atoms with E-state index in [0.717, 1.165) is 5.56 Å². The lowest BCUT2D eigenvalue weighted by atomic mass is 10.1. The van der Waals surface area contributed by atoms with Gasteiger partial charge in [0.15, 0.2) is 5.76 Å². The zero-order chi connectivity index (χ0) is 15.5. The zero-order valence-electron chi connectivity index (χ0n) is 12.0. The summed E-state index contributed by atoms with van der Waals surface area (Å²) in [4.78, 5) is 28.3. The Morgan fingerprint density at radius 3 is 2.91 bits per heavy atom. The van der Waals surface area contributed by atoms with Crippen molar-refractivity contribution in [2.24, 2.45) is 0 Å². The van der Waals surface area contributed by atoms with Crippen LogP contribution in [0.5, 0.6) is 0 Å². The highest BCUT2D eigenvalue weighted by Gasteiger charge is 2.31. The minimum absolute atomic E-state index is 0. The molecule has 2 aromatic rings. The molecule has 122 valence electrons. The predicted octanol–water partition coefficient (Wildman–Crippen LogP) is 1.79. The summed E-state index contributed by atoms with van der Waals surface area (Å²) in [7, 11) is 0. The maximum absolute atomic E-state index is 12.6. The van der Waals surface area contributed by atoms with Crippen molar-refractivity contribution in [3.05, 3.63) is 58.1 Å². The summed E-state index contributed by atoms with van der Waals surface area (Å²) in [6.45, 7) is 1.75. The Morgan fingerprint density at radius 2 is 2.26 bits per heavy atom. The van der Waals surface area contributed by atoms with Gasteiger partial charge in [-0.1, -0.05) is 6.07 Å². The molecule has 8 nitrogen and oxygen atoms in total. The second-order valence-corrected chi connectivity index (χ2v) is 4.90. The van der Waals surface area contributed by atoms with Crippen LogP contribution in [0.3, 0.4) is 0 Å². The first kappa shape index (κ1) is 16.9. The summed E-state index contributed by atoms with van der Waals surface area (Å²) in [5.74, 6) is -0.817. The van der Waals surface area contributed by atoms with Gasteiger partial charge in [0, 0.05) is 32.0 Å². The molecular formula is C14H15ClN4O4. The molecule has 0 aliphatic carbocycles. The number of furan rings is 1. The zero-order valence-corrected chi connectivity index (χ0v) is 12.9.